The molecule has 4 aromatic heterocycles. The van der Waals surface area contributed by atoms with Crippen LogP contribution in [0.1, 0.15) is 41.5 Å². The molecule has 180 valence electrons. The zero-order valence-electron chi connectivity index (χ0n) is 19.2. The largest absolute Gasteiger partial charge is 0.390 e. The van der Waals surface area contributed by atoms with Crippen LogP contribution < -0.4 is 8.43 Å². The molecule has 5 heterocycles. The van der Waals surface area contributed by atoms with Crippen molar-refractivity contribution >= 4 is 45.8 Å². The molecule has 1 aliphatic heterocycles. The van der Waals surface area contributed by atoms with Gasteiger partial charge in [-0.05, 0) is 55.4 Å². The summed E-state index contributed by atoms with van der Waals surface area (Å²) in [6.07, 6.45) is 8.49. The first kappa shape index (κ1) is 23.1. The molecule has 1 fully saturated rings. The van der Waals surface area contributed by atoms with Crippen LogP contribution in [0.3, 0.4) is 0 Å². The van der Waals surface area contributed by atoms with E-state index < -0.39 is 0 Å². The molecule has 0 aromatic carbocycles. The second kappa shape index (κ2) is 8.95. The third-order valence-corrected chi connectivity index (χ3v) is 8.65. The molecule has 35 heavy (non-hydrogen) atoms. The molecule has 2 N–H and O–H groups in total. The Balaban J connectivity index is 1.34. The van der Waals surface area contributed by atoms with Crippen LogP contribution in [0.5, 0.6) is 0 Å². The van der Waals surface area contributed by atoms with Gasteiger partial charge in [-0.1, -0.05) is 17.7 Å². The number of nitrogens with one attached hydrogen (secondary N) is 1. The Morgan fingerprint density at radius 3 is 2.77 bits per heavy atom. The molecule has 0 unspecified atom stereocenters. The van der Waals surface area contributed by atoms with Gasteiger partial charge in [0.05, 0.1) is 34.9 Å². The van der Waals surface area contributed by atoms with E-state index in [9.17, 15) is 5.11 Å². The van der Waals surface area contributed by atoms with Crippen molar-refractivity contribution in [1.29, 1.82) is 0 Å². The van der Waals surface area contributed by atoms with Gasteiger partial charge in [0, 0.05) is 65.6 Å². The van der Waals surface area contributed by atoms with E-state index in [-0.39, 0.29) is 12.0 Å². The fraction of sp³-hybridized carbons (Fsp3) is 0.360. The molecular formula is C25H25ClIN7O. The van der Waals surface area contributed by atoms with Crippen molar-refractivity contribution in [3.05, 3.63) is 70.5 Å². The van der Waals surface area contributed by atoms with E-state index >= 15 is 0 Å². The number of aliphatic hydroxyl groups is 1. The van der Waals surface area contributed by atoms with Crippen LogP contribution in [0.25, 0.3) is 16.8 Å². The fourth-order valence-corrected chi connectivity index (χ4v) is 7.08. The van der Waals surface area contributed by atoms with Crippen LogP contribution in [-0.2, 0) is 13.0 Å². The first-order chi connectivity index (χ1) is 17.1. The van der Waals surface area contributed by atoms with Crippen LogP contribution >= 0.6 is 34.5 Å². The average molecular weight is 602 g/mol. The molecule has 4 aromatic rings. The van der Waals surface area contributed by atoms with E-state index in [0.717, 1.165) is 60.6 Å². The Hall–Kier alpha value is -2.34. The van der Waals surface area contributed by atoms with Gasteiger partial charge in [0.15, 0.2) is 5.82 Å². The Morgan fingerprint density at radius 2 is 2.00 bits per heavy atom. The molecule has 10 heteroatoms. The summed E-state index contributed by atoms with van der Waals surface area (Å²) >= 11 is 8.89. The summed E-state index contributed by atoms with van der Waals surface area (Å²) in [5.74, 6) is 0.943. The van der Waals surface area contributed by atoms with Gasteiger partial charge in [-0.2, -0.15) is 5.10 Å². The normalized spacial score (nSPS) is 19.0. The summed E-state index contributed by atoms with van der Waals surface area (Å²) in [6, 6.07) is 8.42. The number of anilines is 1. The van der Waals surface area contributed by atoms with Crippen LogP contribution in [0.4, 0.5) is 5.82 Å². The second-order valence-electron chi connectivity index (χ2n) is 9.38. The topological polar surface area (TPSA) is 91.5 Å². The molecule has 1 spiro atoms. The molecule has 0 bridgehead atoms. The highest BCUT2D eigenvalue weighted by molar-refractivity contribution is 14.1. The standard InChI is InChI=1S/C25H25ClIN7O/c1-15-22(17-4-9-29-19(14-35)21(17)26)34-20(5-10-30-34)24(31-15)33-11-6-25(7-12-33)13-18-16(23(25)32-27)3-2-8-28-18/h2-5,8-10,23,32,35H,6-7,11-14H2,1H3/t23-/m1/s1. The number of piperidine rings is 1. The Labute approximate surface area is 222 Å². The quantitative estimate of drug-likeness (QED) is 0.264. The third kappa shape index (κ3) is 3.62. The van der Waals surface area contributed by atoms with Gasteiger partial charge in [-0.15, -0.1) is 0 Å². The van der Waals surface area contributed by atoms with Crippen molar-refractivity contribution in [1.82, 2.24) is 28.1 Å². The lowest BCUT2D eigenvalue weighted by molar-refractivity contribution is 0.181. The zero-order chi connectivity index (χ0) is 24.2. The number of nitrogens with zero attached hydrogens (tertiary/aromatic N) is 6. The lowest BCUT2D eigenvalue weighted by atomic mass is 9.73. The Kier molecular flexibility index (Phi) is 5.90. The van der Waals surface area contributed by atoms with E-state index in [1.54, 1.807) is 12.4 Å². The maximum absolute atomic E-state index is 9.63. The van der Waals surface area contributed by atoms with Crippen molar-refractivity contribution in [2.45, 2.75) is 38.8 Å². The zero-order valence-corrected chi connectivity index (χ0v) is 22.2. The summed E-state index contributed by atoms with van der Waals surface area (Å²) in [5.41, 5.74) is 6.53. The molecule has 1 saturated heterocycles. The van der Waals surface area contributed by atoms with Crippen LogP contribution in [-0.4, -0.2) is 42.8 Å². The monoisotopic (exact) mass is 601 g/mol. The second-order valence-corrected chi connectivity index (χ2v) is 10.4. The number of aromatic nitrogens is 5. The maximum Gasteiger partial charge on any atom is 0.155 e. The van der Waals surface area contributed by atoms with E-state index in [4.69, 9.17) is 16.6 Å². The molecule has 8 nitrogen and oxygen atoms in total. The van der Waals surface area contributed by atoms with Crippen LogP contribution in [0.15, 0.2) is 42.9 Å². The first-order valence-corrected chi connectivity index (χ1v) is 13.2. The fourth-order valence-electron chi connectivity index (χ4n) is 5.83. The smallest absolute Gasteiger partial charge is 0.155 e. The number of halogens is 2. The average Bonchev–Trinajstić information content (AvgIpc) is 3.47. The minimum absolute atomic E-state index is 0.172. The van der Waals surface area contributed by atoms with Gasteiger partial charge >= 0.3 is 0 Å². The van der Waals surface area contributed by atoms with Crippen LogP contribution in [0, 0.1) is 12.3 Å². The van der Waals surface area contributed by atoms with E-state index in [0.29, 0.717) is 16.8 Å². The number of pyridine rings is 2. The summed E-state index contributed by atoms with van der Waals surface area (Å²) in [7, 11) is 0. The lowest BCUT2D eigenvalue weighted by Crippen LogP contribution is -2.44. The van der Waals surface area contributed by atoms with E-state index in [2.05, 4.69) is 52.4 Å². The predicted molar refractivity (Wildman–Crippen MR) is 144 cm³/mol. The Bertz CT molecular complexity index is 1420. The maximum atomic E-state index is 9.63. The minimum Gasteiger partial charge on any atom is -0.390 e. The highest BCUT2D eigenvalue weighted by Gasteiger charge is 2.48. The number of aliphatic hydroxyl groups excluding tert-OH is 1. The SMILES string of the molecule is Cc1nc(N2CCC3(CC2)Cc2ncccc2[C@H]3NI)c2ccnn2c1-c1ccnc(CO)c1Cl. The molecule has 0 radical (unpaired) electrons. The van der Waals surface area contributed by atoms with Crippen molar-refractivity contribution in [3.8, 4) is 11.3 Å². The molecule has 1 aliphatic carbocycles. The minimum atomic E-state index is -0.221. The molecule has 1 atom stereocenters. The lowest BCUT2D eigenvalue weighted by Gasteiger charge is -2.43. The number of rotatable bonds is 4. The number of hydrogen-bond donors (Lipinski definition) is 2. The summed E-state index contributed by atoms with van der Waals surface area (Å²) in [4.78, 5) is 16.3. The van der Waals surface area contributed by atoms with Gasteiger partial charge < -0.3 is 10.0 Å². The third-order valence-electron chi connectivity index (χ3n) is 7.60. The van der Waals surface area contributed by atoms with Gasteiger partial charge in [-0.3, -0.25) is 13.5 Å². The van der Waals surface area contributed by atoms with Crippen molar-refractivity contribution in [2.75, 3.05) is 18.0 Å². The van der Waals surface area contributed by atoms with Gasteiger partial charge in [0.1, 0.15) is 5.52 Å². The van der Waals surface area contributed by atoms with E-state index in [1.807, 2.05) is 35.8 Å². The number of hydrogen-bond acceptors (Lipinski definition) is 7. The highest BCUT2D eigenvalue weighted by Crippen LogP contribution is 2.52. The Morgan fingerprint density at radius 1 is 1.17 bits per heavy atom. The van der Waals surface area contributed by atoms with E-state index in [1.165, 1.54) is 11.3 Å². The van der Waals surface area contributed by atoms with Crippen LogP contribution in [0.2, 0.25) is 5.02 Å². The van der Waals surface area contributed by atoms with Gasteiger partial charge in [0.2, 0.25) is 0 Å². The summed E-state index contributed by atoms with van der Waals surface area (Å²) in [5, 5.41) is 14.7. The number of fused-ring (bicyclic) bond motifs is 2. The van der Waals surface area contributed by atoms with Crippen molar-refractivity contribution in [3.63, 3.8) is 0 Å². The van der Waals surface area contributed by atoms with Crippen molar-refractivity contribution in [2.24, 2.45) is 5.41 Å². The summed E-state index contributed by atoms with van der Waals surface area (Å²) < 4.78 is 5.47. The molecule has 0 amide bonds. The highest BCUT2D eigenvalue weighted by atomic mass is 127. The predicted octanol–water partition coefficient (Wildman–Crippen LogP) is 4.46. The molecule has 6 rings (SSSR count). The molecule has 0 saturated carbocycles. The van der Waals surface area contributed by atoms with Crippen molar-refractivity contribution < 1.29 is 5.11 Å². The molecular weight excluding hydrogens is 577 g/mol. The van der Waals surface area contributed by atoms with Gasteiger partial charge in [0.25, 0.3) is 0 Å². The van der Waals surface area contributed by atoms with Gasteiger partial charge in [-0.25, -0.2) is 9.50 Å². The molecule has 2 aliphatic rings. The number of aryl methyl sites for hydroxylation is 1. The summed E-state index contributed by atoms with van der Waals surface area (Å²) in [6.45, 7) is 3.60. The first-order valence-electron chi connectivity index (χ1n) is 11.7.